The Kier molecular flexibility index (Phi) is 5.40. The zero-order chi connectivity index (χ0) is 13.6. The molecular weight excluding hydrogens is 232 g/mol. The first-order valence-electron chi connectivity index (χ1n) is 6.64. The Hall–Kier alpha value is -1.30. The van der Waals surface area contributed by atoms with E-state index < -0.39 is 5.41 Å². The molecule has 6 heteroatoms. The Morgan fingerprint density at radius 1 is 1.33 bits per heavy atom. The number of piperidine rings is 1. The minimum atomic E-state index is -0.911. The molecule has 1 amide bonds. The maximum atomic E-state index is 12.4. The molecule has 18 heavy (non-hydrogen) atoms. The fraction of sp³-hybridized carbons (Fsp3) is 0.833. The van der Waals surface area contributed by atoms with E-state index in [2.05, 4.69) is 10.6 Å². The topological polar surface area (TPSA) is 91.0 Å². The summed E-state index contributed by atoms with van der Waals surface area (Å²) in [7, 11) is 0. The predicted molar refractivity (Wildman–Crippen MR) is 70.0 cm³/mol. The summed E-state index contributed by atoms with van der Waals surface area (Å²) in [4.78, 5) is 12.4. The second-order valence-corrected chi connectivity index (χ2v) is 4.76. The van der Waals surface area contributed by atoms with Crippen molar-refractivity contribution in [1.82, 2.24) is 10.4 Å². The molecule has 0 aromatic carbocycles. The normalized spacial score (nSPS) is 18.7. The largest absolute Gasteiger partial charge is 0.409 e. The molecule has 0 saturated carbocycles. The van der Waals surface area contributed by atoms with Gasteiger partial charge < -0.3 is 10.9 Å². The number of nitrogens with zero attached hydrogens (tertiary/aromatic N) is 2. The number of amidine groups is 1. The number of hydrazine groups is 1. The van der Waals surface area contributed by atoms with E-state index in [0.29, 0.717) is 12.8 Å². The van der Waals surface area contributed by atoms with Gasteiger partial charge in [0.05, 0.1) is 0 Å². The number of nitrogens with two attached hydrogens (primary N) is 1. The first-order chi connectivity index (χ1) is 8.60. The lowest BCUT2D eigenvalue weighted by Crippen LogP contribution is -2.55. The standard InChI is InChI=1S/C12H24N4O2/c1-3-12(4-2,10(13)15-18)11(17)14-16-8-6-5-7-9-16/h18H,3-9H2,1-2H3,(H2,13,15)(H,14,17). The predicted octanol–water partition coefficient (Wildman–Crippen LogP) is 1.06. The summed E-state index contributed by atoms with van der Waals surface area (Å²) in [5.41, 5.74) is 7.69. The van der Waals surface area contributed by atoms with Crippen molar-refractivity contribution in [1.29, 1.82) is 0 Å². The van der Waals surface area contributed by atoms with Crippen molar-refractivity contribution in [3.63, 3.8) is 0 Å². The van der Waals surface area contributed by atoms with E-state index in [0.717, 1.165) is 25.9 Å². The number of carbonyl (C=O) groups is 1. The molecule has 4 N–H and O–H groups in total. The Bertz CT molecular complexity index is 307. The number of carbonyl (C=O) groups excluding carboxylic acids is 1. The second kappa shape index (κ2) is 6.58. The van der Waals surface area contributed by atoms with Crippen LogP contribution in [0.5, 0.6) is 0 Å². The van der Waals surface area contributed by atoms with Gasteiger partial charge in [0.1, 0.15) is 5.41 Å². The molecule has 0 unspecified atom stereocenters. The van der Waals surface area contributed by atoms with Gasteiger partial charge >= 0.3 is 0 Å². The maximum Gasteiger partial charge on any atom is 0.248 e. The lowest BCUT2D eigenvalue weighted by Gasteiger charge is -2.33. The van der Waals surface area contributed by atoms with Gasteiger partial charge in [-0.2, -0.15) is 0 Å². The highest BCUT2D eigenvalue weighted by Crippen LogP contribution is 2.27. The van der Waals surface area contributed by atoms with E-state index in [1.807, 2.05) is 18.9 Å². The third-order valence-electron chi connectivity index (χ3n) is 3.86. The zero-order valence-corrected chi connectivity index (χ0v) is 11.3. The highest BCUT2D eigenvalue weighted by atomic mass is 16.4. The van der Waals surface area contributed by atoms with Crippen LogP contribution < -0.4 is 11.2 Å². The third-order valence-corrected chi connectivity index (χ3v) is 3.86. The van der Waals surface area contributed by atoms with Crippen molar-refractivity contribution in [2.45, 2.75) is 46.0 Å². The number of amides is 1. The zero-order valence-electron chi connectivity index (χ0n) is 11.3. The van der Waals surface area contributed by atoms with Crippen molar-refractivity contribution in [2.24, 2.45) is 16.3 Å². The van der Waals surface area contributed by atoms with E-state index in [1.165, 1.54) is 6.42 Å². The summed E-state index contributed by atoms with van der Waals surface area (Å²) in [6, 6.07) is 0. The van der Waals surface area contributed by atoms with Crippen LogP contribution in [0.2, 0.25) is 0 Å². The lowest BCUT2D eigenvalue weighted by molar-refractivity contribution is -0.133. The fourth-order valence-electron chi connectivity index (χ4n) is 2.40. The van der Waals surface area contributed by atoms with Crippen LogP contribution in [0.25, 0.3) is 0 Å². The van der Waals surface area contributed by atoms with Gasteiger partial charge in [-0.15, -0.1) is 0 Å². The molecule has 1 aliphatic heterocycles. The van der Waals surface area contributed by atoms with Crippen molar-refractivity contribution in [3.05, 3.63) is 0 Å². The molecule has 1 heterocycles. The molecule has 1 aliphatic rings. The first kappa shape index (κ1) is 14.8. The van der Waals surface area contributed by atoms with Gasteiger partial charge in [-0.1, -0.05) is 25.4 Å². The van der Waals surface area contributed by atoms with Crippen LogP contribution in [0, 0.1) is 5.41 Å². The van der Waals surface area contributed by atoms with Gasteiger partial charge in [-0.25, -0.2) is 5.01 Å². The molecule has 104 valence electrons. The van der Waals surface area contributed by atoms with Crippen LogP contribution >= 0.6 is 0 Å². The maximum absolute atomic E-state index is 12.4. The molecule has 1 fully saturated rings. The number of hydrogen-bond donors (Lipinski definition) is 3. The smallest absolute Gasteiger partial charge is 0.248 e. The fourth-order valence-corrected chi connectivity index (χ4v) is 2.40. The minimum absolute atomic E-state index is 0.0120. The Balaban J connectivity index is 2.76. The van der Waals surface area contributed by atoms with E-state index in [-0.39, 0.29) is 11.7 Å². The molecule has 1 saturated heterocycles. The molecule has 6 nitrogen and oxygen atoms in total. The van der Waals surface area contributed by atoms with Gasteiger partial charge in [0.2, 0.25) is 5.91 Å². The second-order valence-electron chi connectivity index (χ2n) is 4.76. The van der Waals surface area contributed by atoms with Crippen LogP contribution in [-0.2, 0) is 4.79 Å². The Labute approximate surface area is 108 Å². The Morgan fingerprint density at radius 3 is 2.33 bits per heavy atom. The molecule has 1 rings (SSSR count). The van der Waals surface area contributed by atoms with Crippen LogP contribution in [0.3, 0.4) is 0 Å². The van der Waals surface area contributed by atoms with E-state index in [9.17, 15) is 4.79 Å². The van der Waals surface area contributed by atoms with E-state index in [1.54, 1.807) is 0 Å². The lowest BCUT2D eigenvalue weighted by atomic mass is 9.80. The van der Waals surface area contributed by atoms with Gasteiger partial charge in [0.25, 0.3) is 0 Å². The van der Waals surface area contributed by atoms with Crippen LogP contribution in [-0.4, -0.2) is 35.0 Å². The van der Waals surface area contributed by atoms with Crippen molar-refractivity contribution >= 4 is 11.7 Å². The van der Waals surface area contributed by atoms with Gasteiger partial charge in [-0.3, -0.25) is 10.2 Å². The molecule has 0 spiro atoms. The average molecular weight is 256 g/mol. The molecule has 0 radical (unpaired) electrons. The van der Waals surface area contributed by atoms with Crippen molar-refractivity contribution in [3.8, 4) is 0 Å². The monoisotopic (exact) mass is 256 g/mol. The molecule has 0 bridgehead atoms. The molecular formula is C12H24N4O2. The quantitative estimate of drug-likeness (QED) is 0.297. The SMILES string of the molecule is CCC(CC)(C(=O)NN1CCCCC1)C(N)=NO. The van der Waals surface area contributed by atoms with Crippen LogP contribution in [0.1, 0.15) is 46.0 Å². The van der Waals surface area contributed by atoms with Crippen molar-refractivity contribution in [2.75, 3.05) is 13.1 Å². The van der Waals surface area contributed by atoms with Crippen LogP contribution in [0.15, 0.2) is 5.16 Å². The van der Waals surface area contributed by atoms with Crippen molar-refractivity contribution < 1.29 is 10.0 Å². The number of rotatable bonds is 5. The third kappa shape index (κ3) is 2.93. The number of nitrogens with one attached hydrogen (secondary N) is 1. The van der Waals surface area contributed by atoms with Gasteiger partial charge in [0, 0.05) is 13.1 Å². The van der Waals surface area contributed by atoms with E-state index >= 15 is 0 Å². The Morgan fingerprint density at radius 2 is 1.89 bits per heavy atom. The van der Waals surface area contributed by atoms with Crippen LogP contribution in [0.4, 0.5) is 0 Å². The van der Waals surface area contributed by atoms with Gasteiger partial charge in [0.15, 0.2) is 5.84 Å². The summed E-state index contributed by atoms with van der Waals surface area (Å²) < 4.78 is 0. The summed E-state index contributed by atoms with van der Waals surface area (Å²) in [6.07, 6.45) is 4.42. The minimum Gasteiger partial charge on any atom is -0.409 e. The molecule has 0 aliphatic carbocycles. The molecule has 0 atom stereocenters. The summed E-state index contributed by atoms with van der Waals surface area (Å²) in [5.74, 6) is -0.188. The summed E-state index contributed by atoms with van der Waals surface area (Å²) in [5, 5.41) is 13.8. The van der Waals surface area contributed by atoms with E-state index in [4.69, 9.17) is 10.9 Å². The summed E-state index contributed by atoms with van der Waals surface area (Å²) in [6.45, 7) is 5.48. The number of hydrogen-bond acceptors (Lipinski definition) is 4. The highest BCUT2D eigenvalue weighted by Gasteiger charge is 2.40. The average Bonchev–Trinajstić information content (AvgIpc) is 2.41. The van der Waals surface area contributed by atoms with Gasteiger partial charge in [-0.05, 0) is 25.7 Å². The summed E-state index contributed by atoms with van der Waals surface area (Å²) >= 11 is 0. The molecule has 0 aromatic heterocycles. The number of oxime groups is 1. The first-order valence-corrected chi connectivity index (χ1v) is 6.64. The highest BCUT2D eigenvalue weighted by molar-refractivity contribution is 6.06. The molecule has 0 aromatic rings.